The standard InChI is InChI=1S/C23H19Cl2N3O2S/c24-19-8-4-17(5-9-19)23(18-6-10-20(25)11-7-18)28-14-21(15-28)27-31(29,30)22-3-1-2-16(12-22)13-26/h1-12,21,23,27H,14-15H2. The van der Waals surface area contributed by atoms with Crippen molar-refractivity contribution in [1.82, 2.24) is 9.62 Å². The Labute approximate surface area is 191 Å². The summed E-state index contributed by atoms with van der Waals surface area (Å²) in [4.78, 5) is 2.29. The van der Waals surface area contributed by atoms with Crippen LogP contribution >= 0.6 is 23.2 Å². The Morgan fingerprint density at radius 2 is 1.48 bits per heavy atom. The van der Waals surface area contributed by atoms with Crippen LogP contribution in [0.2, 0.25) is 10.0 Å². The van der Waals surface area contributed by atoms with Gasteiger partial charge >= 0.3 is 0 Å². The Kier molecular flexibility index (Phi) is 6.33. The minimum absolute atomic E-state index is 0.0443. The maximum Gasteiger partial charge on any atom is 0.240 e. The summed E-state index contributed by atoms with van der Waals surface area (Å²) in [5, 5.41) is 10.3. The van der Waals surface area contributed by atoms with Crippen molar-refractivity contribution in [2.45, 2.75) is 17.0 Å². The molecule has 4 rings (SSSR count). The monoisotopic (exact) mass is 471 g/mol. The Morgan fingerprint density at radius 1 is 0.935 bits per heavy atom. The van der Waals surface area contributed by atoms with Gasteiger partial charge in [0.2, 0.25) is 10.0 Å². The molecular weight excluding hydrogens is 453 g/mol. The van der Waals surface area contributed by atoms with E-state index < -0.39 is 10.0 Å². The number of hydrogen-bond donors (Lipinski definition) is 1. The van der Waals surface area contributed by atoms with Crippen LogP contribution in [0.15, 0.2) is 77.7 Å². The third-order valence-corrected chi connectivity index (χ3v) is 7.26. The van der Waals surface area contributed by atoms with Crippen molar-refractivity contribution in [2.75, 3.05) is 13.1 Å². The van der Waals surface area contributed by atoms with E-state index in [4.69, 9.17) is 28.5 Å². The van der Waals surface area contributed by atoms with E-state index in [0.717, 1.165) is 11.1 Å². The van der Waals surface area contributed by atoms with Crippen LogP contribution < -0.4 is 4.72 Å². The molecule has 158 valence electrons. The summed E-state index contributed by atoms with van der Waals surface area (Å²) in [5.74, 6) is 0. The molecule has 1 fully saturated rings. The minimum Gasteiger partial charge on any atom is -0.289 e. The molecule has 0 aromatic heterocycles. The largest absolute Gasteiger partial charge is 0.289 e. The van der Waals surface area contributed by atoms with Gasteiger partial charge in [-0.1, -0.05) is 53.5 Å². The van der Waals surface area contributed by atoms with Gasteiger partial charge in [0.15, 0.2) is 0 Å². The molecule has 1 aliphatic rings. The summed E-state index contributed by atoms with van der Waals surface area (Å²) in [5.41, 5.74) is 2.44. The van der Waals surface area contributed by atoms with E-state index in [9.17, 15) is 8.42 Å². The van der Waals surface area contributed by atoms with Gasteiger partial charge in [0.25, 0.3) is 0 Å². The van der Waals surface area contributed by atoms with Crippen molar-refractivity contribution >= 4 is 33.2 Å². The van der Waals surface area contributed by atoms with E-state index in [1.54, 1.807) is 12.1 Å². The zero-order chi connectivity index (χ0) is 22.0. The molecule has 3 aromatic rings. The minimum atomic E-state index is -3.71. The van der Waals surface area contributed by atoms with E-state index in [1.165, 1.54) is 12.1 Å². The molecular formula is C23H19Cl2N3O2S. The first-order valence-electron chi connectivity index (χ1n) is 9.63. The average molecular weight is 472 g/mol. The number of benzene rings is 3. The highest BCUT2D eigenvalue weighted by molar-refractivity contribution is 7.89. The third kappa shape index (κ3) is 4.93. The van der Waals surface area contributed by atoms with E-state index in [2.05, 4.69) is 9.62 Å². The second kappa shape index (κ2) is 8.99. The van der Waals surface area contributed by atoms with Gasteiger partial charge in [0.1, 0.15) is 0 Å². The lowest BCUT2D eigenvalue weighted by molar-refractivity contribution is 0.105. The van der Waals surface area contributed by atoms with Crippen molar-refractivity contribution in [3.63, 3.8) is 0 Å². The molecule has 0 radical (unpaired) electrons. The normalized spacial score (nSPS) is 14.9. The molecule has 0 unspecified atom stereocenters. The fraction of sp³-hybridized carbons (Fsp3) is 0.174. The van der Waals surface area contributed by atoms with E-state index in [0.29, 0.717) is 28.7 Å². The summed E-state index contributed by atoms with van der Waals surface area (Å²) in [7, 11) is -3.71. The Balaban J connectivity index is 1.52. The van der Waals surface area contributed by atoms with Crippen molar-refractivity contribution in [2.24, 2.45) is 0 Å². The van der Waals surface area contributed by atoms with Gasteiger partial charge in [-0.15, -0.1) is 0 Å². The van der Waals surface area contributed by atoms with E-state index in [1.807, 2.05) is 54.6 Å². The number of nitriles is 1. The number of nitrogens with one attached hydrogen (secondary N) is 1. The SMILES string of the molecule is N#Cc1cccc(S(=O)(=O)NC2CN(C(c3ccc(Cl)cc3)c3ccc(Cl)cc3)C2)c1. The van der Waals surface area contributed by atoms with Crippen LogP contribution in [0, 0.1) is 11.3 Å². The zero-order valence-corrected chi connectivity index (χ0v) is 18.7. The lowest BCUT2D eigenvalue weighted by Gasteiger charge is -2.44. The number of nitrogens with zero attached hydrogens (tertiary/aromatic N) is 2. The molecule has 1 N–H and O–H groups in total. The highest BCUT2D eigenvalue weighted by atomic mass is 35.5. The number of sulfonamides is 1. The molecule has 0 amide bonds. The average Bonchev–Trinajstić information content (AvgIpc) is 2.74. The highest BCUT2D eigenvalue weighted by Gasteiger charge is 2.36. The fourth-order valence-corrected chi connectivity index (χ4v) is 5.24. The summed E-state index contributed by atoms with van der Waals surface area (Å²) < 4.78 is 28.2. The molecule has 0 atom stereocenters. The van der Waals surface area contributed by atoms with Crippen LogP contribution in [0.4, 0.5) is 0 Å². The molecule has 1 aliphatic heterocycles. The quantitative estimate of drug-likeness (QED) is 0.569. The van der Waals surface area contributed by atoms with Crippen LogP contribution in [0.1, 0.15) is 22.7 Å². The van der Waals surface area contributed by atoms with Gasteiger partial charge in [-0.25, -0.2) is 13.1 Å². The van der Waals surface area contributed by atoms with Crippen molar-refractivity contribution < 1.29 is 8.42 Å². The summed E-state index contributed by atoms with van der Waals surface area (Å²) in [6.07, 6.45) is 0. The van der Waals surface area contributed by atoms with Crippen LogP contribution in [-0.4, -0.2) is 32.4 Å². The predicted molar refractivity (Wildman–Crippen MR) is 122 cm³/mol. The maximum atomic E-state index is 12.7. The molecule has 8 heteroatoms. The Bertz CT molecular complexity index is 1170. The van der Waals surface area contributed by atoms with Gasteiger partial charge in [0.05, 0.1) is 22.6 Å². The predicted octanol–water partition coefficient (Wildman–Crippen LogP) is 4.62. The molecule has 5 nitrogen and oxygen atoms in total. The zero-order valence-electron chi connectivity index (χ0n) is 16.4. The second-order valence-electron chi connectivity index (χ2n) is 7.42. The van der Waals surface area contributed by atoms with Gasteiger partial charge in [-0.05, 0) is 53.6 Å². The first-order valence-corrected chi connectivity index (χ1v) is 11.9. The Morgan fingerprint density at radius 3 is 2.00 bits per heavy atom. The highest BCUT2D eigenvalue weighted by Crippen LogP contribution is 2.34. The lowest BCUT2D eigenvalue weighted by Crippen LogP contribution is -2.60. The molecule has 1 saturated heterocycles. The molecule has 0 saturated carbocycles. The molecule has 0 aliphatic carbocycles. The summed E-state index contributed by atoms with van der Waals surface area (Å²) in [6, 6.07) is 23.0. The smallest absolute Gasteiger partial charge is 0.240 e. The lowest BCUT2D eigenvalue weighted by atomic mass is 9.93. The number of rotatable bonds is 6. The van der Waals surface area contributed by atoms with E-state index >= 15 is 0 Å². The van der Waals surface area contributed by atoms with Gasteiger partial charge in [-0.3, -0.25) is 4.90 Å². The molecule has 3 aromatic carbocycles. The maximum absolute atomic E-state index is 12.7. The van der Waals surface area contributed by atoms with Gasteiger partial charge in [0, 0.05) is 29.2 Å². The van der Waals surface area contributed by atoms with Gasteiger partial charge < -0.3 is 0 Å². The van der Waals surface area contributed by atoms with Crippen LogP contribution in [0.3, 0.4) is 0 Å². The van der Waals surface area contributed by atoms with Gasteiger partial charge in [-0.2, -0.15) is 5.26 Å². The third-order valence-electron chi connectivity index (χ3n) is 5.24. The first kappa shape index (κ1) is 21.8. The number of halogens is 2. The first-order chi connectivity index (χ1) is 14.9. The second-order valence-corrected chi connectivity index (χ2v) is 10.0. The van der Waals surface area contributed by atoms with Crippen LogP contribution in [-0.2, 0) is 10.0 Å². The number of hydrogen-bond acceptors (Lipinski definition) is 4. The van der Waals surface area contributed by atoms with Crippen LogP contribution in [0.25, 0.3) is 0 Å². The summed E-state index contributed by atoms with van der Waals surface area (Å²) in [6.45, 7) is 1.10. The number of likely N-dealkylation sites (tertiary alicyclic amines) is 1. The molecule has 1 heterocycles. The van der Waals surface area contributed by atoms with Crippen molar-refractivity contribution in [3.05, 3.63) is 99.5 Å². The van der Waals surface area contributed by atoms with Crippen LogP contribution in [0.5, 0.6) is 0 Å². The molecule has 0 bridgehead atoms. The Hall–Kier alpha value is -2.40. The fourth-order valence-electron chi connectivity index (χ4n) is 3.72. The molecule has 31 heavy (non-hydrogen) atoms. The summed E-state index contributed by atoms with van der Waals surface area (Å²) >= 11 is 12.1. The van der Waals surface area contributed by atoms with E-state index in [-0.39, 0.29) is 17.0 Å². The van der Waals surface area contributed by atoms with Crippen molar-refractivity contribution in [1.29, 1.82) is 5.26 Å². The molecule has 0 spiro atoms. The topological polar surface area (TPSA) is 73.2 Å². The van der Waals surface area contributed by atoms with Crippen molar-refractivity contribution in [3.8, 4) is 6.07 Å².